The second-order valence-corrected chi connectivity index (χ2v) is 17.7. The normalized spacial score (nSPS) is 18.7. The van der Waals surface area contributed by atoms with E-state index in [0.717, 1.165) is 59.2 Å². The molecule has 1 amide bonds. The minimum absolute atomic E-state index is 0.00764. The fourth-order valence-electron chi connectivity index (χ4n) is 5.50. The average Bonchev–Trinajstić information content (AvgIpc) is 3.38. The van der Waals surface area contributed by atoms with Crippen LogP contribution in [0.3, 0.4) is 0 Å². The summed E-state index contributed by atoms with van der Waals surface area (Å²) in [6, 6.07) is 14.4. The molecule has 1 aromatic heterocycles. The maximum atomic E-state index is 11.4. The second-order valence-electron chi connectivity index (χ2n) is 12.1. The van der Waals surface area contributed by atoms with Crippen molar-refractivity contribution in [1.82, 2.24) is 14.7 Å². The lowest BCUT2D eigenvalue weighted by Gasteiger charge is -2.40. The molecule has 5 rings (SSSR count). The van der Waals surface area contributed by atoms with Gasteiger partial charge in [0.2, 0.25) is 0 Å². The highest BCUT2D eigenvalue weighted by atomic mass is 28.3. The van der Waals surface area contributed by atoms with Crippen LogP contribution in [-0.4, -0.2) is 66.2 Å². The Bertz CT molecular complexity index is 1330. The summed E-state index contributed by atoms with van der Waals surface area (Å²) in [5.41, 5.74) is 6.73. The summed E-state index contributed by atoms with van der Waals surface area (Å²) in [6.07, 6.45) is 4.73. The predicted molar refractivity (Wildman–Crippen MR) is 157 cm³/mol. The number of likely N-dealkylation sites (tertiary alicyclic amines) is 1. The number of benzene rings is 2. The Morgan fingerprint density at radius 1 is 1.18 bits per heavy atom. The summed E-state index contributed by atoms with van der Waals surface area (Å²) in [7, 11) is 0.997. The largest absolute Gasteiger partial charge is 0.488 e. The Kier molecular flexibility index (Phi) is 7.73. The van der Waals surface area contributed by atoms with Crippen LogP contribution >= 0.6 is 0 Å². The molecule has 1 saturated heterocycles. The molecule has 1 N–H and O–H groups in total. The van der Waals surface area contributed by atoms with E-state index in [2.05, 4.69) is 73.1 Å². The second kappa shape index (κ2) is 11.1. The van der Waals surface area contributed by atoms with Gasteiger partial charge in [-0.3, -0.25) is 0 Å². The molecular weight excluding hydrogens is 508 g/mol. The maximum absolute atomic E-state index is 11.4. The van der Waals surface area contributed by atoms with Crippen molar-refractivity contribution in [2.45, 2.75) is 70.9 Å². The van der Waals surface area contributed by atoms with E-state index in [0.29, 0.717) is 25.9 Å². The van der Waals surface area contributed by atoms with Gasteiger partial charge >= 0.3 is 6.09 Å². The minimum atomic E-state index is -1.10. The first-order chi connectivity index (χ1) is 18.6. The molecule has 2 atom stereocenters. The third kappa shape index (κ3) is 6.14. The fraction of sp³-hybridized carbons (Fsp3) is 0.467. The van der Waals surface area contributed by atoms with Gasteiger partial charge in [-0.05, 0) is 60.7 Å². The number of aromatic nitrogens is 2. The molecule has 3 heterocycles. The molecular formula is C30H40N4O4Si. The predicted octanol–water partition coefficient (Wildman–Crippen LogP) is 6.39. The highest BCUT2D eigenvalue weighted by molar-refractivity contribution is 6.76. The van der Waals surface area contributed by atoms with Gasteiger partial charge in [-0.1, -0.05) is 31.8 Å². The van der Waals surface area contributed by atoms with Gasteiger partial charge in [-0.2, -0.15) is 5.10 Å². The van der Waals surface area contributed by atoms with Crippen molar-refractivity contribution < 1.29 is 19.4 Å². The zero-order valence-electron chi connectivity index (χ0n) is 23.7. The molecule has 2 aliphatic heterocycles. The lowest BCUT2D eigenvalue weighted by molar-refractivity contribution is 0.0786. The molecule has 39 heavy (non-hydrogen) atoms. The molecule has 3 aromatic rings. The van der Waals surface area contributed by atoms with Gasteiger partial charge in [0, 0.05) is 69.4 Å². The van der Waals surface area contributed by atoms with Crippen LogP contribution in [-0.2, 0) is 18.1 Å². The van der Waals surface area contributed by atoms with Crippen molar-refractivity contribution in [2.75, 3.05) is 25.1 Å². The lowest BCUT2D eigenvalue weighted by Crippen LogP contribution is -2.49. The van der Waals surface area contributed by atoms with E-state index in [1.165, 1.54) is 5.56 Å². The topological polar surface area (TPSA) is 80.1 Å². The quantitative estimate of drug-likeness (QED) is 0.260. The van der Waals surface area contributed by atoms with Crippen LogP contribution in [0.1, 0.15) is 25.3 Å². The van der Waals surface area contributed by atoms with Crippen LogP contribution in [0.4, 0.5) is 10.5 Å². The molecule has 2 aromatic carbocycles. The number of ether oxygens (including phenoxy) is 2. The van der Waals surface area contributed by atoms with Crippen molar-refractivity contribution >= 4 is 19.9 Å². The van der Waals surface area contributed by atoms with Gasteiger partial charge in [-0.15, -0.1) is 0 Å². The van der Waals surface area contributed by atoms with Crippen LogP contribution in [0, 0.1) is 0 Å². The van der Waals surface area contributed by atoms with Crippen LogP contribution in [0.25, 0.3) is 22.3 Å². The van der Waals surface area contributed by atoms with Crippen LogP contribution in [0.2, 0.25) is 25.7 Å². The molecule has 208 valence electrons. The molecule has 0 bridgehead atoms. The molecule has 0 unspecified atom stereocenters. The number of hydrogen-bond acceptors (Lipinski definition) is 5. The third-order valence-electron chi connectivity index (χ3n) is 7.98. The molecule has 9 heteroatoms. The molecule has 0 aliphatic carbocycles. The summed E-state index contributed by atoms with van der Waals surface area (Å²) in [6.45, 7) is 11.4. The van der Waals surface area contributed by atoms with E-state index in [9.17, 15) is 9.90 Å². The molecule has 0 spiro atoms. The smallest absolute Gasteiger partial charge is 0.407 e. The van der Waals surface area contributed by atoms with Gasteiger partial charge in [0.05, 0.1) is 6.20 Å². The standard InChI is InChI=1S/C30H40N4O4Si/c1-21-14-26(10-11-34(21)30(35)36)32(2)25-7-9-28-27-8-6-22(15-23(27)19-38-29(28)16-25)24-17-31-33(18-24)20-37-12-13-39(3,4)5/h6-9,15-18,21,26H,10-14,19-20H2,1-5H3,(H,35,36)/t21-,26+/m0/s1. The molecule has 1 fully saturated rings. The molecule has 0 saturated carbocycles. The zero-order chi connectivity index (χ0) is 27.7. The van der Waals surface area contributed by atoms with Crippen molar-refractivity contribution in [1.29, 1.82) is 0 Å². The Morgan fingerprint density at radius 3 is 2.72 bits per heavy atom. The Hall–Kier alpha value is -3.30. The fourth-order valence-corrected chi connectivity index (χ4v) is 6.25. The summed E-state index contributed by atoms with van der Waals surface area (Å²) in [5.74, 6) is 0.888. The highest BCUT2D eigenvalue weighted by Crippen LogP contribution is 2.41. The van der Waals surface area contributed by atoms with Crippen LogP contribution in [0.5, 0.6) is 5.75 Å². The number of carboxylic acid groups (broad SMARTS) is 1. The van der Waals surface area contributed by atoms with Gasteiger partial charge in [-0.25, -0.2) is 9.48 Å². The van der Waals surface area contributed by atoms with Gasteiger partial charge in [0.25, 0.3) is 0 Å². The number of amides is 1. The first-order valence-corrected chi connectivity index (χ1v) is 17.5. The summed E-state index contributed by atoms with van der Waals surface area (Å²) < 4.78 is 13.9. The average molecular weight is 549 g/mol. The van der Waals surface area contributed by atoms with E-state index < -0.39 is 14.2 Å². The van der Waals surface area contributed by atoms with Crippen LogP contribution < -0.4 is 9.64 Å². The summed E-state index contributed by atoms with van der Waals surface area (Å²) >= 11 is 0. The Balaban J connectivity index is 1.26. The summed E-state index contributed by atoms with van der Waals surface area (Å²) in [5, 5.41) is 13.9. The van der Waals surface area contributed by atoms with Gasteiger partial charge in [0.1, 0.15) is 19.1 Å². The zero-order valence-corrected chi connectivity index (χ0v) is 24.7. The van der Waals surface area contributed by atoms with E-state index in [1.807, 2.05) is 24.0 Å². The van der Waals surface area contributed by atoms with Crippen molar-refractivity contribution in [2.24, 2.45) is 0 Å². The number of fused-ring (bicyclic) bond motifs is 3. The van der Waals surface area contributed by atoms with Crippen molar-refractivity contribution in [3.8, 4) is 28.0 Å². The van der Waals surface area contributed by atoms with E-state index in [4.69, 9.17) is 9.47 Å². The molecule has 2 aliphatic rings. The Morgan fingerprint density at radius 2 is 1.97 bits per heavy atom. The lowest BCUT2D eigenvalue weighted by atomic mass is 9.93. The van der Waals surface area contributed by atoms with Gasteiger partial charge in [0.15, 0.2) is 0 Å². The number of anilines is 1. The minimum Gasteiger partial charge on any atom is -0.488 e. The SMILES string of the molecule is C[C@H]1C[C@H](N(C)c2ccc3c(c2)OCc2cc(-c4cnn(COCC[Si](C)(C)C)c4)ccc2-3)CCN1C(=O)O. The maximum Gasteiger partial charge on any atom is 0.407 e. The van der Waals surface area contributed by atoms with Crippen molar-refractivity contribution in [3.05, 3.63) is 54.4 Å². The van der Waals surface area contributed by atoms with Gasteiger partial charge < -0.3 is 24.4 Å². The summed E-state index contributed by atoms with van der Waals surface area (Å²) in [4.78, 5) is 15.2. The van der Waals surface area contributed by atoms with E-state index in [1.54, 1.807) is 4.90 Å². The third-order valence-corrected chi connectivity index (χ3v) is 9.68. The van der Waals surface area contributed by atoms with E-state index >= 15 is 0 Å². The highest BCUT2D eigenvalue weighted by Gasteiger charge is 2.31. The first-order valence-electron chi connectivity index (χ1n) is 13.8. The number of rotatable bonds is 8. The monoisotopic (exact) mass is 548 g/mol. The Labute approximate surface area is 232 Å². The number of nitrogens with zero attached hydrogens (tertiary/aromatic N) is 4. The number of carbonyl (C=O) groups is 1. The number of piperidine rings is 1. The molecule has 0 radical (unpaired) electrons. The molecule has 8 nitrogen and oxygen atoms in total. The van der Waals surface area contributed by atoms with Crippen LogP contribution in [0.15, 0.2) is 48.8 Å². The first kappa shape index (κ1) is 27.3. The van der Waals surface area contributed by atoms with E-state index in [-0.39, 0.29) is 6.04 Å². The van der Waals surface area contributed by atoms with Crippen molar-refractivity contribution in [3.63, 3.8) is 0 Å². The number of hydrogen-bond donors (Lipinski definition) is 1.